The van der Waals surface area contributed by atoms with Crippen LogP contribution >= 0.6 is 23.2 Å². The third kappa shape index (κ3) is 9.11. The number of ether oxygens (including phenoxy) is 1. The Labute approximate surface area is 252 Å². The Balaban J connectivity index is 2.10. The number of hydrogen-bond donors (Lipinski definition) is 1. The van der Waals surface area contributed by atoms with Gasteiger partial charge in [-0.3, -0.25) is 13.9 Å². The number of amides is 2. The van der Waals surface area contributed by atoms with Crippen molar-refractivity contribution in [3.8, 4) is 5.75 Å². The molecule has 0 radical (unpaired) electrons. The zero-order chi connectivity index (χ0) is 30.2. The highest BCUT2D eigenvalue weighted by Crippen LogP contribution is 2.33. The molecule has 8 nitrogen and oxygen atoms in total. The molecule has 0 aliphatic carbocycles. The van der Waals surface area contributed by atoms with E-state index in [1.54, 1.807) is 30.3 Å². The van der Waals surface area contributed by atoms with Crippen molar-refractivity contribution >= 4 is 50.7 Å². The van der Waals surface area contributed by atoms with Gasteiger partial charge in [-0.1, -0.05) is 72.6 Å². The lowest BCUT2D eigenvalue weighted by Crippen LogP contribution is -2.54. The SMILES string of the molecule is CC[C@@H](C)NC(=O)[C@H](Cc1ccccc1)N(Cc1cccc(Cl)c1)C(=O)CN(c1cc(Cl)ccc1OC)S(C)(=O)=O. The standard InChI is InChI=1S/C30H35Cl2N3O5S/c1-5-21(2)33-30(37)27(17-22-10-7-6-8-11-22)34(19-23-12-9-13-24(31)16-23)29(36)20-35(41(4,38)39)26-18-25(32)14-15-28(26)40-3/h6-16,18,21,27H,5,17,19-20H2,1-4H3,(H,33,37)/t21-,27+/m1/s1. The number of rotatable bonds is 13. The van der Waals surface area contributed by atoms with Crippen molar-refractivity contribution in [1.82, 2.24) is 10.2 Å². The Hall–Kier alpha value is -3.27. The minimum absolute atomic E-state index is 0.0229. The highest BCUT2D eigenvalue weighted by Gasteiger charge is 2.34. The molecule has 0 aliphatic rings. The normalized spacial score (nSPS) is 12.7. The maximum absolute atomic E-state index is 14.2. The quantitative estimate of drug-likeness (QED) is 0.279. The van der Waals surface area contributed by atoms with E-state index in [1.165, 1.54) is 24.1 Å². The predicted octanol–water partition coefficient (Wildman–Crippen LogP) is 5.32. The number of nitrogens with one attached hydrogen (secondary N) is 1. The van der Waals surface area contributed by atoms with Gasteiger partial charge in [-0.2, -0.15) is 0 Å². The van der Waals surface area contributed by atoms with Crippen molar-refractivity contribution in [2.45, 2.75) is 45.3 Å². The fraction of sp³-hybridized carbons (Fsp3) is 0.333. The number of benzene rings is 3. The van der Waals surface area contributed by atoms with Gasteiger partial charge in [-0.05, 0) is 54.8 Å². The van der Waals surface area contributed by atoms with E-state index >= 15 is 0 Å². The van der Waals surface area contributed by atoms with E-state index in [-0.39, 0.29) is 41.4 Å². The summed E-state index contributed by atoms with van der Waals surface area (Å²) in [6.45, 7) is 3.28. The molecule has 220 valence electrons. The summed E-state index contributed by atoms with van der Waals surface area (Å²) in [5.41, 5.74) is 1.64. The van der Waals surface area contributed by atoms with Gasteiger partial charge in [-0.25, -0.2) is 8.42 Å². The number of hydrogen-bond acceptors (Lipinski definition) is 5. The lowest BCUT2D eigenvalue weighted by Gasteiger charge is -2.34. The van der Waals surface area contributed by atoms with Crippen LogP contribution in [0.2, 0.25) is 10.0 Å². The maximum Gasteiger partial charge on any atom is 0.244 e. The minimum Gasteiger partial charge on any atom is -0.495 e. The second kappa shape index (κ2) is 14.6. The first kappa shape index (κ1) is 32.2. The van der Waals surface area contributed by atoms with Crippen molar-refractivity contribution in [3.63, 3.8) is 0 Å². The van der Waals surface area contributed by atoms with E-state index in [9.17, 15) is 18.0 Å². The summed E-state index contributed by atoms with van der Waals surface area (Å²) in [5.74, 6) is -0.702. The van der Waals surface area contributed by atoms with Gasteiger partial charge in [-0.15, -0.1) is 0 Å². The van der Waals surface area contributed by atoms with Gasteiger partial charge in [0.15, 0.2) is 0 Å². The second-order valence-electron chi connectivity index (χ2n) is 9.76. The Bertz CT molecular complexity index is 1450. The van der Waals surface area contributed by atoms with Crippen molar-refractivity contribution < 1.29 is 22.7 Å². The van der Waals surface area contributed by atoms with Crippen LogP contribution in [0.25, 0.3) is 0 Å². The average Bonchev–Trinajstić information content (AvgIpc) is 2.93. The van der Waals surface area contributed by atoms with E-state index in [4.69, 9.17) is 27.9 Å². The predicted molar refractivity (Wildman–Crippen MR) is 164 cm³/mol. The zero-order valence-electron chi connectivity index (χ0n) is 23.5. The zero-order valence-corrected chi connectivity index (χ0v) is 25.8. The number of carbonyl (C=O) groups excluding carboxylic acids is 2. The molecule has 2 atom stereocenters. The first-order valence-corrected chi connectivity index (χ1v) is 15.7. The number of halogens is 2. The summed E-state index contributed by atoms with van der Waals surface area (Å²) in [6, 6.07) is 19.8. The van der Waals surface area contributed by atoms with Crippen LogP contribution in [0, 0.1) is 0 Å². The second-order valence-corrected chi connectivity index (χ2v) is 12.5. The summed E-state index contributed by atoms with van der Waals surface area (Å²) in [5, 5.41) is 3.74. The van der Waals surface area contributed by atoms with Crippen LogP contribution in [0.15, 0.2) is 72.8 Å². The Morgan fingerprint density at radius 3 is 2.22 bits per heavy atom. The summed E-state index contributed by atoms with van der Waals surface area (Å²) < 4.78 is 32.3. The monoisotopic (exact) mass is 619 g/mol. The van der Waals surface area contributed by atoms with E-state index in [2.05, 4.69) is 5.32 Å². The Kier molecular flexibility index (Phi) is 11.5. The molecule has 0 saturated heterocycles. The first-order valence-electron chi connectivity index (χ1n) is 13.1. The van der Waals surface area contributed by atoms with Crippen LogP contribution in [0.1, 0.15) is 31.4 Å². The van der Waals surface area contributed by atoms with Gasteiger partial charge >= 0.3 is 0 Å². The van der Waals surface area contributed by atoms with Gasteiger partial charge in [0.25, 0.3) is 0 Å². The fourth-order valence-electron chi connectivity index (χ4n) is 4.28. The van der Waals surface area contributed by atoms with Gasteiger partial charge < -0.3 is 15.0 Å². The lowest BCUT2D eigenvalue weighted by molar-refractivity contribution is -0.140. The highest BCUT2D eigenvalue weighted by molar-refractivity contribution is 7.92. The van der Waals surface area contributed by atoms with Gasteiger partial charge in [0, 0.05) is 29.1 Å². The smallest absolute Gasteiger partial charge is 0.244 e. The molecule has 0 unspecified atom stereocenters. The number of anilines is 1. The average molecular weight is 621 g/mol. The topological polar surface area (TPSA) is 96.0 Å². The summed E-state index contributed by atoms with van der Waals surface area (Å²) in [6.07, 6.45) is 1.91. The molecule has 1 N–H and O–H groups in total. The van der Waals surface area contributed by atoms with Crippen molar-refractivity contribution in [1.29, 1.82) is 0 Å². The molecular weight excluding hydrogens is 585 g/mol. The van der Waals surface area contributed by atoms with Crippen LogP contribution in [-0.2, 0) is 32.6 Å². The van der Waals surface area contributed by atoms with Crippen LogP contribution in [-0.4, -0.2) is 57.1 Å². The molecule has 0 aliphatic heterocycles. The van der Waals surface area contributed by atoms with E-state index in [1.807, 2.05) is 44.2 Å². The van der Waals surface area contributed by atoms with Gasteiger partial charge in [0.05, 0.1) is 19.1 Å². The lowest BCUT2D eigenvalue weighted by atomic mass is 10.0. The van der Waals surface area contributed by atoms with Crippen molar-refractivity contribution in [3.05, 3.63) is 94.0 Å². The molecule has 41 heavy (non-hydrogen) atoms. The molecular formula is C30H35Cl2N3O5S. The molecule has 0 saturated carbocycles. The number of nitrogens with zero attached hydrogens (tertiary/aromatic N) is 2. The van der Waals surface area contributed by atoms with Crippen LogP contribution in [0.3, 0.4) is 0 Å². The van der Waals surface area contributed by atoms with Crippen LogP contribution in [0.4, 0.5) is 5.69 Å². The van der Waals surface area contributed by atoms with E-state index in [0.29, 0.717) is 17.0 Å². The Morgan fingerprint density at radius 1 is 0.951 bits per heavy atom. The molecule has 11 heteroatoms. The summed E-state index contributed by atoms with van der Waals surface area (Å²) >= 11 is 12.4. The number of sulfonamides is 1. The molecule has 3 aromatic rings. The third-order valence-corrected chi connectivity index (χ3v) is 8.20. The molecule has 0 spiro atoms. The molecule has 3 aromatic carbocycles. The van der Waals surface area contributed by atoms with Gasteiger partial charge in [0.1, 0.15) is 18.3 Å². The molecule has 2 amide bonds. The first-order chi connectivity index (χ1) is 19.4. The molecule has 0 fully saturated rings. The maximum atomic E-state index is 14.2. The molecule has 0 aromatic heterocycles. The molecule has 0 heterocycles. The van der Waals surface area contributed by atoms with E-state index < -0.39 is 28.5 Å². The minimum atomic E-state index is -3.98. The van der Waals surface area contributed by atoms with Crippen molar-refractivity contribution in [2.24, 2.45) is 0 Å². The van der Waals surface area contributed by atoms with Crippen LogP contribution in [0.5, 0.6) is 5.75 Å². The van der Waals surface area contributed by atoms with Gasteiger partial charge in [0.2, 0.25) is 21.8 Å². The number of carbonyl (C=O) groups is 2. The fourth-order valence-corrected chi connectivity index (χ4v) is 5.50. The summed E-state index contributed by atoms with van der Waals surface area (Å²) in [4.78, 5) is 29.3. The molecule has 0 bridgehead atoms. The van der Waals surface area contributed by atoms with Crippen molar-refractivity contribution in [2.75, 3.05) is 24.2 Å². The number of methoxy groups -OCH3 is 1. The third-order valence-electron chi connectivity index (χ3n) is 6.60. The largest absolute Gasteiger partial charge is 0.495 e. The highest BCUT2D eigenvalue weighted by atomic mass is 35.5. The Morgan fingerprint density at radius 2 is 1.61 bits per heavy atom. The van der Waals surface area contributed by atoms with E-state index in [0.717, 1.165) is 16.1 Å². The molecule has 3 rings (SSSR count). The van der Waals surface area contributed by atoms with Crippen LogP contribution < -0.4 is 14.4 Å². The summed E-state index contributed by atoms with van der Waals surface area (Å²) in [7, 11) is -2.58.